The van der Waals surface area contributed by atoms with E-state index in [1.807, 2.05) is 18.2 Å². The maximum atomic E-state index is 11.1. The van der Waals surface area contributed by atoms with Gasteiger partial charge in [0.05, 0.1) is 5.56 Å². The predicted octanol–water partition coefficient (Wildman–Crippen LogP) is 3.67. The number of rotatable bonds is 6. The second-order valence-corrected chi connectivity index (χ2v) is 5.34. The third-order valence-electron chi connectivity index (χ3n) is 3.87. The van der Waals surface area contributed by atoms with Crippen LogP contribution in [0.25, 0.3) is 0 Å². The van der Waals surface area contributed by atoms with Crippen molar-refractivity contribution in [3.05, 3.63) is 65.2 Å². The molecule has 4 nitrogen and oxygen atoms in total. The monoisotopic (exact) mass is 299 g/mol. The number of benzene rings is 2. The summed E-state index contributed by atoms with van der Waals surface area (Å²) in [4.78, 5) is 13.3. The van der Waals surface area contributed by atoms with Crippen LogP contribution in [0.3, 0.4) is 0 Å². The highest BCUT2D eigenvalue weighted by atomic mass is 16.4. The van der Waals surface area contributed by atoms with E-state index in [9.17, 15) is 9.90 Å². The molecule has 2 aromatic carbocycles. The fourth-order valence-corrected chi connectivity index (χ4v) is 2.56. The van der Waals surface area contributed by atoms with Crippen molar-refractivity contribution in [3.8, 4) is 5.75 Å². The lowest BCUT2D eigenvalue weighted by Gasteiger charge is -2.28. The molecule has 0 aliphatic carbocycles. The van der Waals surface area contributed by atoms with Gasteiger partial charge in [0, 0.05) is 12.6 Å². The van der Waals surface area contributed by atoms with Gasteiger partial charge in [0.2, 0.25) is 0 Å². The highest BCUT2D eigenvalue weighted by Crippen LogP contribution is 2.25. The zero-order chi connectivity index (χ0) is 16.1. The molecule has 2 N–H and O–H groups in total. The molecule has 0 amide bonds. The Morgan fingerprint density at radius 1 is 1.18 bits per heavy atom. The third-order valence-corrected chi connectivity index (χ3v) is 3.87. The summed E-state index contributed by atoms with van der Waals surface area (Å²) >= 11 is 0. The van der Waals surface area contributed by atoms with Crippen molar-refractivity contribution in [2.45, 2.75) is 26.4 Å². The van der Waals surface area contributed by atoms with E-state index >= 15 is 0 Å². The number of carbonyl (C=O) groups is 1. The lowest BCUT2D eigenvalue weighted by Crippen LogP contribution is -2.26. The molecule has 4 heteroatoms. The Labute approximate surface area is 130 Å². The number of aromatic carboxylic acids is 1. The van der Waals surface area contributed by atoms with Crippen molar-refractivity contribution >= 4 is 5.97 Å². The number of phenols is 1. The molecule has 0 bridgehead atoms. The maximum absolute atomic E-state index is 11.1. The minimum absolute atomic E-state index is 0.130. The first-order valence-electron chi connectivity index (χ1n) is 7.36. The SMILES string of the molecule is CCN(Cc1cccc(C(=O)O)c1)C(C)c1cccc(O)c1. The number of aromatic hydroxyl groups is 1. The van der Waals surface area contributed by atoms with Gasteiger partial charge in [0.25, 0.3) is 0 Å². The van der Waals surface area contributed by atoms with Gasteiger partial charge in [0.15, 0.2) is 0 Å². The molecule has 0 fully saturated rings. The van der Waals surface area contributed by atoms with Crippen LogP contribution in [0.5, 0.6) is 5.75 Å². The van der Waals surface area contributed by atoms with E-state index in [1.54, 1.807) is 30.3 Å². The smallest absolute Gasteiger partial charge is 0.335 e. The zero-order valence-corrected chi connectivity index (χ0v) is 12.9. The molecule has 0 aliphatic rings. The second-order valence-electron chi connectivity index (χ2n) is 5.34. The average molecular weight is 299 g/mol. The highest BCUT2D eigenvalue weighted by molar-refractivity contribution is 5.87. The molecule has 0 saturated heterocycles. The molecule has 1 unspecified atom stereocenters. The lowest BCUT2D eigenvalue weighted by atomic mass is 10.0. The minimum Gasteiger partial charge on any atom is -0.508 e. The van der Waals surface area contributed by atoms with Crippen LogP contribution < -0.4 is 0 Å². The molecule has 0 aliphatic heterocycles. The molecule has 0 spiro atoms. The Morgan fingerprint density at radius 2 is 1.91 bits per heavy atom. The first kappa shape index (κ1) is 16.0. The molecular weight excluding hydrogens is 278 g/mol. The highest BCUT2D eigenvalue weighted by Gasteiger charge is 2.15. The summed E-state index contributed by atoms with van der Waals surface area (Å²) in [5.41, 5.74) is 2.31. The normalized spacial score (nSPS) is 12.3. The number of hydrogen-bond donors (Lipinski definition) is 2. The van der Waals surface area contributed by atoms with Crippen molar-refractivity contribution in [2.24, 2.45) is 0 Å². The summed E-state index contributed by atoms with van der Waals surface area (Å²) in [6.45, 7) is 5.64. The number of carboxylic acid groups (broad SMARTS) is 1. The predicted molar refractivity (Wildman–Crippen MR) is 86.0 cm³/mol. The van der Waals surface area contributed by atoms with Gasteiger partial charge in [-0.15, -0.1) is 0 Å². The van der Waals surface area contributed by atoms with Crippen LogP contribution in [0.2, 0.25) is 0 Å². The molecule has 0 radical (unpaired) electrons. The first-order valence-corrected chi connectivity index (χ1v) is 7.36. The van der Waals surface area contributed by atoms with Crippen LogP contribution in [0.15, 0.2) is 48.5 Å². The van der Waals surface area contributed by atoms with Crippen LogP contribution in [-0.2, 0) is 6.54 Å². The van der Waals surface area contributed by atoms with Crippen molar-refractivity contribution in [3.63, 3.8) is 0 Å². The molecular formula is C18H21NO3. The summed E-state index contributed by atoms with van der Waals surface area (Å²) in [5, 5.41) is 18.7. The molecule has 2 rings (SSSR count). The molecule has 1 atom stereocenters. The summed E-state index contributed by atoms with van der Waals surface area (Å²) in [5.74, 6) is -0.654. The lowest BCUT2D eigenvalue weighted by molar-refractivity contribution is 0.0696. The van der Waals surface area contributed by atoms with Gasteiger partial charge in [0.1, 0.15) is 5.75 Å². The third kappa shape index (κ3) is 3.86. The molecule has 0 saturated carbocycles. The molecule has 0 aromatic heterocycles. The number of phenolic OH excluding ortho intramolecular Hbond substituents is 1. The van der Waals surface area contributed by atoms with E-state index in [0.717, 1.165) is 17.7 Å². The van der Waals surface area contributed by atoms with E-state index in [0.29, 0.717) is 12.1 Å². The topological polar surface area (TPSA) is 60.8 Å². The Morgan fingerprint density at radius 3 is 2.55 bits per heavy atom. The molecule has 0 heterocycles. The van der Waals surface area contributed by atoms with Crippen LogP contribution in [0.4, 0.5) is 0 Å². The van der Waals surface area contributed by atoms with Crippen molar-refractivity contribution in [2.75, 3.05) is 6.54 Å². The van der Waals surface area contributed by atoms with E-state index in [-0.39, 0.29) is 11.8 Å². The maximum Gasteiger partial charge on any atom is 0.335 e. The number of hydrogen-bond acceptors (Lipinski definition) is 3. The number of nitrogens with zero attached hydrogens (tertiary/aromatic N) is 1. The standard InChI is InChI=1S/C18H21NO3/c1-3-19(13(2)15-7-5-9-17(20)11-15)12-14-6-4-8-16(10-14)18(21)22/h4-11,13,20H,3,12H2,1-2H3,(H,21,22). The first-order chi connectivity index (χ1) is 10.5. The van der Waals surface area contributed by atoms with Crippen LogP contribution in [-0.4, -0.2) is 27.6 Å². The van der Waals surface area contributed by atoms with Crippen LogP contribution in [0, 0.1) is 0 Å². The molecule has 22 heavy (non-hydrogen) atoms. The Hall–Kier alpha value is -2.33. The van der Waals surface area contributed by atoms with Gasteiger partial charge >= 0.3 is 5.97 Å². The van der Waals surface area contributed by atoms with Gasteiger partial charge in [-0.3, -0.25) is 4.90 Å². The van der Waals surface area contributed by atoms with Crippen molar-refractivity contribution in [1.82, 2.24) is 4.90 Å². The van der Waals surface area contributed by atoms with E-state index in [4.69, 9.17) is 5.11 Å². The van der Waals surface area contributed by atoms with Gasteiger partial charge in [-0.05, 0) is 48.9 Å². The summed E-state index contributed by atoms with van der Waals surface area (Å²) in [7, 11) is 0. The Balaban J connectivity index is 2.18. The van der Waals surface area contributed by atoms with Gasteiger partial charge in [-0.25, -0.2) is 4.79 Å². The fourth-order valence-electron chi connectivity index (χ4n) is 2.56. The quantitative estimate of drug-likeness (QED) is 0.854. The van der Waals surface area contributed by atoms with Crippen LogP contribution in [0.1, 0.15) is 41.4 Å². The Bertz CT molecular complexity index is 654. The summed E-state index contributed by atoms with van der Waals surface area (Å²) < 4.78 is 0. The van der Waals surface area contributed by atoms with Crippen molar-refractivity contribution < 1.29 is 15.0 Å². The zero-order valence-electron chi connectivity index (χ0n) is 12.9. The van der Waals surface area contributed by atoms with Gasteiger partial charge < -0.3 is 10.2 Å². The Kier molecular flexibility index (Phi) is 5.17. The van der Waals surface area contributed by atoms with Gasteiger partial charge in [-0.2, -0.15) is 0 Å². The summed E-state index contributed by atoms with van der Waals surface area (Å²) in [6.07, 6.45) is 0. The second kappa shape index (κ2) is 7.09. The largest absolute Gasteiger partial charge is 0.508 e. The summed E-state index contributed by atoms with van der Waals surface area (Å²) in [6, 6.07) is 14.4. The molecule has 2 aromatic rings. The number of carboxylic acids is 1. The average Bonchev–Trinajstić information content (AvgIpc) is 2.52. The van der Waals surface area contributed by atoms with E-state index < -0.39 is 5.97 Å². The van der Waals surface area contributed by atoms with E-state index in [1.165, 1.54) is 0 Å². The fraction of sp³-hybridized carbons (Fsp3) is 0.278. The minimum atomic E-state index is -0.911. The molecule has 116 valence electrons. The van der Waals surface area contributed by atoms with Crippen LogP contribution >= 0.6 is 0 Å². The van der Waals surface area contributed by atoms with E-state index in [2.05, 4.69) is 18.7 Å². The van der Waals surface area contributed by atoms with Gasteiger partial charge in [-0.1, -0.05) is 31.2 Å². The van der Waals surface area contributed by atoms with Crippen molar-refractivity contribution in [1.29, 1.82) is 0 Å².